The third-order valence-electron chi connectivity index (χ3n) is 8.99. The molecule has 1 heterocycles. The molecule has 4 rings (SSSR count). The van der Waals surface area contributed by atoms with Gasteiger partial charge in [0.15, 0.2) is 0 Å². The van der Waals surface area contributed by atoms with E-state index in [1.54, 1.807) is 27.8 Å². The molecule has 9 nitrogen and oxygen atoms in total. The van der Waals surface area contributed by atoms with Gasteiger partial charge in [0.1, 0.15) is 0 Å². The summed E-state index contributed by atoms with van der Waals surface area (Å²) in [6.45, 7) is 6.18. The first-order valence-electron chi connectivity index (χ1n) is 16.2. The molecule has 0 radical (unpaired) electrons. The second-order valence-corrected chi connectivity index (χ2v) is 16.9. The summed E-state index contributed by atoms with van der Waals surface area (Å²) in [4.78, 5) is 4.67. The molecule has 2 aromatic carbocycles. The Morgan fingerprint density at radius 2 is 1.32 bits per heavy atom. The SMILES string of the molecule is C[C@H]1CN(S(=O)(=O)c2ccc(N(C)C)cc2)CCCN(CC2CCCCC2)CCCN(S(=O)(=O)N(C)Cc2ccccc2)C1. The fourth-order valence-corrected chi connectivity index (χ4v) is 9.63. The molecule has 11 heteroatoms. The molecule has 0 bridgehead atoms. The van der Waals surface area contributed by atoms with E-state index in [0.29, 0.717) is 19.0 Å². The normalized spacial score (nSPS) is 21.5. The molecule has 1 aliphatic heterocycles. The molecule has 0 aromatic heterocycles. The zero-order valence-electron chi connectivity index (χ0n) is 27.1. The Bertz CT molecular complexity index is 1360. The number of hydrogen-bond acceptors (Lipinski definition) is 6. The second kappa shape index (κ2) is 16.0. The van der Waals surface area contributed by atoms with Gasteiger partial charge in [0.05, 0.1) is 4.90 Å². The number of sulfonamides is 1. The van der Waals surface area contributed by atoms with Crippen molar-refractivity contribution in [3.8, 4) is 0 Å². The van der Waals surface area contributed by atoms with Gasteiger partial charge in [-0.2, -0.15) is 21.3 Å². The van der Waals surface area contributed by atoms with Crippen LogP contribution in [0.4, 0.5) is 5.69 Å². The lowest BCUT2D eigenvalue weighted by Crippen LogP contribution is -2.47. The third-order valence-corrected chi connectivity index (χ3v) is 12.8. The Kier molecular flexibility index (Phi) is 12.7. The minimum Gasteiger partial charge on any atom is -0.378 e. The molecule has 1 atom stereocenters. The first kappa shape index (κ1) is 34.8. The summed E-state index contributed by atoms with van der Waals surface area (Å²) in [5, 5.41) is 0. The quantitative estimate of drug-likeness (QED) is 0.391. The van der Waals surface area contributed by atoms with Gasteiger partial charge in [-0.25, -0.2) is 8.42 Å². The smallest absolute Gasteiger partial charge is 0.282 e. The minimum atomic E-state index is -3.77. The van der Waals surface area contributed by atoms with Crippen molar-refractivity contribution < 1.29 is 16.8 Å². The number of hydrogen-bond donors (Lipinski definition) is 0. The van der Waals surface area contributed by atoms with E-state index in [9.17, 15) is 16.8 Å². The van der Waals surface area contributed by atoms with Crippen LogP contribution in [0.3, 0.4) is 0 Å². The Morgan fingerprint density at radius 1 is 0.727 bits per heavy atom. The summed E-state index contributed by atoms with van der Waals surface area (Å²) >= 11 is 0. The van der Waals surface area contributed by atoms with Crippen LogP contribution in [0.5, 0.6) is 0 Å². The van der Waals surface area contributed by atoms with Crippen molar-refractivity contribution in [2.45, 2.75) is 63.3 Å². The van der Waals surface area contributed by atoms with E-state index in [2.05, 4.69) is 4.90 Å². The van der Waals surface area contributed by atoms with E-state index in [-0.39, 0.29) is 30.4 Å². The molecular weight excluding hydrogens is 595 g/mol. The zero-order chi connectivity index (χ0) is 31.7. The van der Waals surface area contributed by atoms with Gasteiger partial charge in [-0.1, -0.05) is 56.5 Å². The Balaban J connectivity index is 1.57. The average molecular weight is 648 g/mol. The predicted octanol–water partition coefficient (Wildman–Crippen LogP) is 4.73. The molecule has 2 fully saturated rings. The molecule has 44 heavy (non-hydrogen) atoms. The fraction of sp³-hybridized carbons (Fsp3) is 0.636. The number of nitrogens with zero attached hydrogens (tertiary/aromatic N) is 5. The monoisotopic (exact) mass is 647 g/mol. The lowest BCUT2D eigenvalue weighted by molar-refractivity contribution is 0.179. The largest absolute Gasteiger partial charge is 0.378 e. The highest BCUT2D eigenvalue weighted by atomic mass is 32.2. The van der Waals surface area contributed by atoms with Gasteiger partial charge in [-0.15, -0.1) is 0 Å². The van der Waals surface area contributed by atoms with E-state index in [0.717, 1.165) is 43.7 Å². The highest BCUT2D eigenvalue weighted by molar-refractivity contribution is 7.89. The molecule has 0 amide bonds. The van der Waals surface area contributed by atoms with Crippen LogP contribution in [-0.2, 0) is 26.8 Å². The standard InChI is InChI=1S/C33H53N5O4S2/c1-29-25-37(43(39,40)33-19-17-32(18-20-33)34(2)3)23-11-21-36(28-31-15-9-6-10-16-31)22-12-24-38(26-29)44(41,42)35(4)27-30-13-7-5-8-14-30/h5,7-8,13-14,17-20,29,31H,6,9-12,15-16,21-28H2,1-4H3/t29-/m0/s1. The number of rotatable bonds is 9. The van der Waals surface area contributed by atoms with E-state index in [1.165, 1.54) is 36.4 Å². The number of anilines is 1. The van der Waals surface area contributed by atoms with Gasteiger partial charge in [0.2, 0.25) is 10.0 Å². The first-order valence-corrected chi connectivity index (χ1v) is 19.1. The molecule has 246 valence electrons. The average Bonchev–Trinajstić information content (AvgIpc) is 3.00. The Hall–Kier alpha value is -2.02. The lowest BCUT2D eigenvalue weighted by atomic mass is 9.89. The maximum atomic E-state index is 14.0. The van der Waals surface area contributed by atoms with Crippen LogP contribution in [0.2, 0.25) is 0 Å². The Labute approximate surface area is 267 Å². The highest BCUT2D eigenvalue weighted by Gasteiger charge is 2.32. The van der Waals surface area contributed by atoms with Crippen molar-refractivity contribution in [3.05, 3.63) is 60.2 Å². The van der Waals surface area contributed by atoms with Crippen LogP contribution in [-0.4, -0.2) is 102 Å². The fourth-order valence-electron chi connectivity index (χ4n) is 6.52. The van der Waals surface area contributed by atoms with Crippen molar-refractivity contribution in [3.63, 3.8) is 0 Å². The van der Waals surface area contributed by atoms with Crippen LogP contribution in [0.25, 0.3) is 0 Å². The maximum Gasteiger partial charge on any atom is 0.282 e. The topological polar surface area (TPSA) is 84.5 Å². The molecule has 2 aromatic rings. The van der Waals surface area contributed by atoms with E-state index < -0.39 is 20.2 Å². The van der Waals surface area contributed by atoms with Crippen molar-refractivity contribution >= 4 is 25.9 Å². The summed E-state index contributed by atoms with van der Waals surface area (Å²) in [6.07, 6.45) is 7.82. The second-order valence-electron chi connectivity index (χ2n) is 13.0. The minimum absolute atomic E-state index is 0.191. The molecule has 1 saturated heterocycles. The van der Waals surface area contributed by atoms with E-state index in [1.807, 2.05) is 68.4 Å². The molecule has 1 aliphatic carbocycles. The summed E-state index contributed by atoms with van der Waals surface area (Å²) in [7, 11) is -2.04. The highest BCUT2D eigenvalue weighted by Crippen LogP contribution is 2.26. The van der Waals surface area contributed by atoms with Gasteiger partial charge >= 0.3 is 0 Å². The maximum absolute atomic E-state index is 14.0. The van der Waals surface area contributed by atoms with Crippen LogP contribution in [0, 0.1) is 11.8 Å². The van der Waals surface area contributed by atoms with Crippen LogP contribution >= 0.6 is 0 Å². The van der Waals surface area contributed by atoms with E-state index >= 15 is 0 Å². The van der Waals surface area contributed by atoms with E-state index in [4.69, 9.17) is 0 Å². The van der Waals surface area contributed by atoms with Crippen LogP contribution < -0.4 is 4.90 Å². The molecular formula is C33H53N5O4S2. The third kappa shape index (κ3) is 9.50. The van der Waals surface area contributed by atoms with Gasteiger partial charge in [-0.05, 0) is 80.4 Å². The molecule has 1 saturated carbocycles. The van der Waals surface area contributed by atoms with Crippen molar-refractivity contribution in [1.29, 1.82) is 0 Å². The number of benzene rings is 2. The summed E-state index contributed by atoms with van der Waals surface area (Å²) in [5.74, 6) is 0.465. The van der Waals surface area contributed by atoms with Gasteiger partial charge < -0.3 is 9.80 Å². The van der Waals surface area contributed by atoms with Gasteiger partial charge in [0, 0.05) is 66.1 Å². The van der Waals surface area contributed by atoms with Gasteiger partial charge in [-0.3, -0.25) is 0 Å². The van der Waals surface area contributed by atoms with Crippen molar-refractivity contribution in [1.82, 2.24) is 17.8 Å². The lowest BCUT2D eigenvalue weighted by Gasteiger charge is -2.35. The van der Waals surface area contributed by atoms with Gasteiger partial charge in [0.25, 0.3) is 10.2 Å². The molecule has 2 aliphatic rings. The zero-order valence-corrected chi connectivity index (χ0v) is 28.8. The summed E-state index contributed by atoms with van der Waals surface area (Å²) < 4.78 is 60.4. The molecule has 0 N–H and O–H groups in total. The van der Waals surface area contributed by atoms with Crippen molar-refractivity contribution in [2.75, 3.05) is 71.9 Å². The van der Waals surface area contributed by atoms with Crippen LogP contribution in [0.15, 0.2) is 59.5 Å². The first-order chi connectivity index (χ1) is 21.0. The van der Waals surface area contributed by atoms with Crippen LogP contribution in [0.1, 0.15) is 57.4 Å². The molecule has 0 spiro atoms. The van der Waals surface area contributed by atoms with Crippen molar-refractivity contribution in [2.24, 2.45) is 11.8 Å². The summed E-state index contributed by atoms with van der Waals surface area (Å²) in [5.41, 5.74) is 1.86. The Morgan fingerprint density at radius 3 is 1.93 bits per heavy atom. The predicted molar refractivity (Wildman–Crippen MR) is 179 cm³/mol. The molecule has 0 unspecified atom stereocenters. The summed E-state index contributed by atoms with van der Waals surface area (Å²) in [6, 6.07) is 16.6.